The molecular weight excluding hydrogens is 719 g/mol. The van der Waals surface area contributed by atoms with Crippen LogP contribution in [-0.4, -0.2) is 54.4 Å². The van der Waals surface area contributed by atoms with E-state index in [4.69, 9.17) is 29.4 Å². The molecule has 0 amide bonds. The van der Waals surface area contributed by atoms with Gasteiger partial charge in [-0.1, -0.05) is 19.9 Å². The first-order chi connectivity index (χ1) is 26.0. The number of aromatic amines is 3. The quantitative estimate of drug-likeness (QED) is 0.0643. The Hall–Kier alpha value is -5.99. The Morgan fingerprint density at radius 1 is 0.833 bits per heavy atom. The molecule has 14 heteroatoms. The first-order valence-corrected chi connectivity index (χ1v) is 18.6. The second-order valence-corrected chi connectivity index (χ2v) is 14.4. The molecule has 0 radical (unpaired) electrons. The van der Waals surface area contributed by atoms with Crippen molar-refractivity contribution in [2.24, 2.45) is 0 Å². The maximum absolute atomic E-state index is 10.8. The van der Waals surface area contributed by atoms with Gasteiger partial charge in [-0.15, -0.1) is 4.68 Å². The van der Waals surface area contributed by atoms with E-state index in [1.54, 1.807) is 17.0 Å². The fourth-order valence-corrected chi connectivity index (χ4v) is 7.87. The highest BCUT2D eigenvalue weighted by Gasteiger charge is 2.25. The molecule has 0 saturated heterocycles. The Bertz CT molecular complexity index is 2890. The number of H-pyrrole nitrogens is 3. The average molecular weight is 759 g/mol. The Balaban J connectivity index is 1.20. The van der Waals surface area contributed by atoms with Gasteiger partial charge in [-0.2, -0.15) is 14.8 Å². The number of rotatable bonds is 9. The van der Waals surface area contributed by atoms with Crippen LogP contribution in [0.3, 0.4) is 0 Å². The highest BCUT2D eigenvalue weighted by molar-refractivity contribution is 7.71. The zero-order valence-electron chi connectivity index (χ0n) is 30.5. The number of benzene rings is 4. The number of para-hydroxylation sites is 1. The molecule has 0 unspecified atom stereocenters. The fourth-order valence-electron chi connectivity index (χ4n) is 7.30. The summed E-state index contributed by atoms with van der Waals surface area (Å²) >= 11 is 11.9. The summed E-state index contributed by atoms with van der Waals surface area (Å²) in [5.74, 6) is 1.42. The fraction of sp³-hybridized carbons (Fsp3) is 0.225. The van der Waals surface area contributed by atoms with Gasteiger partial charge in [0.1, 0.15) is 35.0 Å². The van der Waals surface area contributed by atoms with Crippen molar-refractivity contribution >= 4 is 46.4 Å². The predicted molar refractivity (Wildman–Crippen MR) is 214 cm³/mol. The van der Waals surface area contributed by atoms with Crippen LogP contribution in [0.15, 0.2) is 67.0 Å². The van der Waals surface area contributed by atoms with Crippen LogP contribution in [0.1, 0.15) is 41.8 Å². The summed E-state index contributed by atoms with van der Waals surface area (Å²) < 4.78 is 8.81. The maximum Gasteiger partial charge on any atom is 0.331 e. The number of fused-ring (bicyclic) bond motifs is 2. The number of imidazole rings is 1. The van der Waals surface area contributed by atoms with Crippen LogP contribution in [0.5, 0.6) is 17.2 Å². The summed E-state index contributed by atoms with van der Waals surface area (Å²) in [4.78, 5) is 8.30. The number of phenolic OH excluding ortho intramolecular Hbond substituents is 3. The standard InChI is InChI=1S/C40H39N9O3S2/c1-6-24-16-27(21(3)15-33(24)50)38-45-47(40(54)48(38)26-11-12-30-28(18-26)22(4)23(5)42-30)14-13-46-20-41-36-31(46)9-8-10-32(36)49-37(43-44-39(49)53)29-17-25(7-2)34(51)19-35(29)52/h8-12,15-20,42H,6-7,13-14H2,1-5H3,(H4,43,44,45,50,51,52,53)/p+1. The summed E-state index contributed by atoms with van der Waals surface area (Å²) in [6.07, 6.45) is 3.06. The summed E-state index contributed by atoms with van der Waals surface area (Å²) in [5.41, 5.74) is 10.5. The van der Waals surface area contributed by atoms with Gasteiger partial charge in [0.2, 0.25) is 0 Å². The van der Waals surface area contributed by atoms with Gasteiger partial charge < -0.3 is 24.9 Å². The van der Waals surface area contributed by atoms with Gasteiger partial charge >= 0.3 is 4.77 Å². The molecule has 0 saturated carbocycles. The van der Waals surface area contributed by atoms with Crippen LogP contribution in [0, 0.1) is 30.3 Å². The van der Waals surface area contributed by atoms with Gasteiger partial charge in [0.05, 0.1) is 35.2 Å². The topological polar surface area (TPSA) is 153 Å². The molecule has 0 bridgehead atoms. The average Bonchev–Trinajstić information content (AvgIpc) is 3.91. The lowest BCUT2D eigenvalue weighted by Crippen LogP contribution is -2.33. The molecule has 0 fully saturated rings. The Kier molecular flexibility index (Phi) is 8.73. The lowest BCUT2D eigenvalue weighted by molar-refractivity contribution is -0.592. The number of hydrogen-bond donors (Lipinski definition) is 6. The number of hydrogen-bond acceptors (Lipinski definition) is 7. The third kappa shape index (κ3) is 5.69. The summed E-state index contributed by atoms with van der Waals surface area (Å²) in [5, 5.41) is 43.9. The molecule has 4 heterocycles. The maximum atomic E-state index is 10.8. The molecule has 4 aromatic carbocycles. The minimum Gasteiger partial charge on any atom is -0.508 e. The van der Waals surface area contributed by atoms with Crippen LogP contribution in [0.2, 0.25) is 0 Å². The van der Waals surface area contributed by atoms with E-state index in [1.165, 1.54) is 11.6 Å². The highest BCUT2D eigenvalue weighted by Crippen LogP contribution is 2.36. The van der Waals surface area contributed by atoms with Crippen molar-refractivity contribution in [1.29, 1.82) is 0 Å². The molecule has 4 aromatic heterocycles. The van der Waals surface area contributed by atoms with E-state index in [-0.39, 0.29) is 17.2 Å². The minimum atomic E-state index is -0.108. The first kappa shape index (κ1) is 35.1. The van der Waals surface area contributed by atoms with Crippen LogP contribution >= 0.6 is 24.4 Å². The van der Waals surface area contributed by atoms with E-state index in [9.17, 15) is 15.3 Å². The van der Waals surface area contributed by atoms with Crippen molar-refractivity contribution in [3.63, 3.8) is 0 Å². The van der Waals surface area contributed by atoms with Crippen molar-refractivity contribution < 1.29 is 19.9 Å². The zero-order valence-corrected chi connectivity index (χ0v) is 32.2. The predicted octanol–water partition coefficient (Wildman–Crippen LogP) is 8.10. The molecule has 8 aromatic rings. The van der Waals surface area contributed by atoms with E-state index in [0.29, 0.717) is 63.6 Å². The van der Waals surface area contributed by atoms with Gasteiger partial charge in [-0.3, -0.25) is 9.67 Å². The van der Waals surface area contributed by atoms with Crippen LogP contribution in [0.25, 0.3) is 56.1 Å². The number of aromatic hydroxyl groups is 3. The van der Waals surface area contributed by atoms with Gasteiger partial charge in [-0.05, 0) is 129 Å². The molecule has 6 N–H and O–H groups in total. The van der Waals surface area contributed by atoms with E-state index >= 15 is 0 Å². The summed E-state index contributed by atoms with van der Waals surface area (Å²) in [6, 6.07) is 19.1. The van der Waals surface area contributed by atoms with E-state index in [0.717, 1.165) is 50.3 Å². The number of nitrogens with one attached hydrogen (secondary N) is 3. The van der Waals surface area contributed by atoms with E-state index < -0.39 is 0 Å². The second-order valence-electron chi connectivity index (χ2n) is 13.6. The first-order valence-electron chi connectivity index (χ1n) is 17.8. The van der Waals surface area contributed by atoms with Crippen molar-refractivity contribution in [2.75, 3.05) is 0 Å². The number of nitrogens with zero attached hydrogens (tertiary/aromatic N) is 6. The Morgan fingerprint density at radius 2 is 1.57 bits per heavy atom. The molecule has 8 rings (SSSR count). The van der Waals surface area contributed by atoms with E-state index in [2.05, 4.69) is 61.5 Å². The lowest BCUT2D eigenvalue weighted by atomic mass is 10.0. The number of phenols is 3. The third-order valence-corrected chi connectivity index (χ3v) is 11.1. The lowest BCUT2D eigenvalue weighted by Gasteiger charge is -2.11. The van der Waals surface area contributed by atoms with Crippen molar-refractivity contribution in [1.82, 2.24) is 39.1 Å². The smallest absolute Gasteiger partial charge is 0.331 e. The molecular formula is C40H40N9O3S2+. The number of aromatic nitrogens is 9. The van der Waals surface area contributed by atoms with Crippen LogP contribution < -0.4 is 4.57 Å². The second kappa shape index (κ2) is 13.5. The van der Waals surface area contributed by atoms with Gasteiger partial charge in [0.25, 0.3) is 5.82 Å². The van der Waals surface area contributed by atoms with E-state index in [1.807, 2.05) is 55.8 Å². The molecule has 274 valence electrons. The van der Waals surface area contributed by atoms with Crippen LogP contribution in [-0.2, 0) is 25.9 Å². The molecule has 12 nitrogen and oxygen atoms in total. The largest absolute Gasteiger partial charge is 0.508 e. The molecule has 0 atom stereocenters. The summed E-state index contributed by atoms with van der Waals surface area (Å²) in [6.45, 7) is 11.2. The van der Waals surface area contributed by atoms with Gasteiger partial charge in [0, 0.05) is 22.7 Å². The summed E-state index contributed by atoms with van der Waals surface area (Å²) in [7, 11) is 0. The number of aryl methyl sites for hydroxylation is 7. The highest BCUT2D eigenvalue weighted by atomic mass is 32.1. The van der Waals surface area contributed by atoms with Gasteiger partial charge in [0.15, 0.2) is 10.6 Å². The molecule has 0 aliphatic rings. The Labute approximate surface area is 320 Å². The van der Waals surface area contributed by atoms with Crippen LogP contribution in [0.4, 0.5) is 0 Å². The molecule has 0 spiro atoms. The monoisotopic (exact) mass is 758 g/mol. The van der Waals surface area contributed by atoms with Crippen molar-refractivity contribution in [3.8, 4) is 51.4 Å². The minimum absolute atomic E-state index is 0.0240. The molecule has 0 aliphatic carbocycles. The third-order valence-electron chi connectivity index (χ3n) is 10.4. The van der Waals surface area contributed by atoms with Crippen molar-refractivity contribution in [2.45, 2.75) is 60.5 Å². The normalized spacial score (nSPS) is 11.7. The molecule has 54 heavy (non-hydrogen) atoms. The molecule has 0 aliphatic heterocycles. The van der Waals surface area contributed by atoms with Gasteiger partial charge in [-0.25, -0.2) is 4.98 Å². The zero-order chi connectivity index (χ0) is 38.0. The van der Waals surface area contributed by atoms with Crippen molar-refractivity contribution in [3.05, 3.63) is 104 Å². The SMILES string of the molecule is CCc1cc(-c2[nH]n(CCn3cnc4c(-n5c(-c6cc(CC)c(O)cc6O)n[nH]c5=S)cccc43)c(=S)[n+]2-c2ccc3[nH]c(C)c(C)c3c2)c(C)cc1O. The Morgan fingerprint density at radius 3 is 2.33 bits per heavy atom.